The third-order valence-corrected chi connectivity index (χ3v) is 5.96. The van der Waals surface area contributed by atoms with Gasteiger partial charge in [0.05, 0.1) is 0 Å². The van der Waals surface area contributed by atoms with Crippen LogP contribution in [-0.4, -0.2) is 81.7 Å². The van der Waals surface area contributed by atoms with Gasteiger partial charge in [0.1, 0.15) is 0 Å². The Labute approximate surface area is 187 Å². The number of unbranched alkanes of at least 4 members (excludes halogenated alkanes) is 1. The minimum absolute atomic E-state index is 0. The Morgan fingerprint density at radius 1 is 1.21 bits per heavy atom. The summed E-state index contributed by atoms with van der Waals surface area (Å²) in [7, 11) is 3.98. The van der Waals surface area contributed by atoms with Gasteiger partial charge in [-0.25, -0.2) is 0 Å². The maximum absolute atomic E-state index is 11.2. The number of nitrogens with zero attached hydrogens (tertiary/aromatic N) is 3. The van der Waals surface area contributed by atoms with Crippen molar-refractivity contribution in [2.45, 2.75) is 44.9 Å². The van der Waals surface area contributed by atoms with E-state index in [4.69, 9.17) is 10.5 Å². The SMILES string of the molecule is CN=C(NCCCCN1CCC(C(N)=O)CC1)N(C)CCC1CCOCC1.I. The van der Waals surface area contributed by atoms with Crippen molar-refractivity contribution in [2.75, 3.05) is 60.0 Å². The number of likely N-dealkylation sites (tertiary alicyclic amines) is 1. The lowest BCUT2D eigenvalue weighted by atomic mass is 9.96. The molecule has 28 heavy (non-hydrogen) atoms. The van der Waals surface area contributed by atoms with Gasteiger partial charge < -0.3 is 25.6 Å². The highest BCUT2D eigenvalue weighted by Gasteiger charge is 2.22. The molecule has 0 aromatic heterocycles. The predicted octanol–water partition coefficient (Wildman–Crippen LogP) is 1.91. The van der Waals surface area contributed by atoms with Crippen molar-refractivity contribution in [1.82, 2.24) is 15.1 Å². The Bertz CT molecular complexity index is 464. The average Bonchev–Trinajstić information content (AvgIpc) is 2.70. The number of rotatable bonds is 9. The Kier molecular flexibility index (Phi) is 13.1. The minimum atomic E-state index is -0.133. The molecule has 0 aliphatic carbocycles. The van der Waals surface area contributed by atoms with Crippen LogP contribution < -0.4 is 11.1 Å². The van der Waals surface area contributed by atoms with Gasteiger partial charge in [-0.1, -0.05) is 0 Å². The van der Waals surface area contributed by atoms with E-state index in [0.717, 1.165) is 83.5 Å². The van der Waals surface area contributed by atoms with Crippen LogP contribution >= 0.6 is 24.0 Å². The minimum Gasteiger partial charge on any atom is -0.381 e. The van der Waals surface area contributed by atoms with Crippen LogP contribution in [0.25, 0.3) is 0 Å². The Morgan fingerprint density at radius 2 is 1.89 bits per heavy atom. The van der Waals surface area contributed by atoms with Crippen LogP contribution in [0.1, 0.15) is 44.9 Å². The van der Waals surface area contributed by atoms with E-state index in [9.17, 15) is 4.79 Å². The van der Waals surface area contributed by atoms with E-state index in [1.54, 1.807) is 0 Å². The standard InChI is InChI=1S/C20H39N5O2.HI/c1-22-20(24(2)12-5-17-8-15-27-16-9-17)23-10-3-4-11-25-13-6-18(7-14-25)19(21)26;/h17-18H,3-16H2,1-2H3,(H2,21,26)(H,22,23);1H. The van der Waals surface area contributed by atoms with E-state index in [-0.39, 0.29) is 35.8 Å². The molecule has 0 atom stereocenters. The monoisotopic (exact) mass is 509 g/mol. The molecule has 7 nitrogen and oxygen atoms in total. The van der Waals surface area contributed by atoms with E-state index in [1.165, 1.54) is 19.3 Å². The number of carbonyl (C=O) groups excluding carboxylic acids is 1. The van der Waals surface area contributed by atoms with Crippen molar-refractivity contribution in [1.29, 1.82) is 0 Å². The molecule has 2 saturated heterocycles. The number of hydrogen-bond donors (Lipinski definition) is 2. The highest BCUT2D eigenvalue weighted by atomic mass is 127. The number of ether oxygens (including phenoxy) is 1. The molecule has 1 amide bonds. The molecule has 2 fully saturated rings. The molecule has 0 aromatic carbocycles. The normalized spacial score (nSPS) is 19.9. The Morgan fingerprint density at radius 3 is 2.50 bits per heavy atom. The first-order valence-electron chi connectivity index (χ1n) is 10.6. The summed E-state index contributed by atoms with van der Waals surface area (Å²) in [6, 6.07) is 0. The summed E-state index contributed by atoms with van der Waals surface area (Å²) in [5.41, 5.74) is 5.40. The lowest BCUT2D eigenvalue weighted by molar-refractivity contribution is -0.123. The third kappa shape index (κ3) is 9.26. The molecule has 2 rings (SSSR count). The van der Waals surface area contributed by atoms with Gasteiger partial charge in [-0.15, -0.1) is 24.0 Å². The number of primary amides is 1. The highest BCUT2D eigenvalue weighted by molar-refractivity contribution is 14.0. The molecule has 3 N–H and O–H groups in total. The number of carbonyl (C=O) groups is 1. The smallest absolute Gasteiger partial charge is 0.220 e. The summed E-state index contributed by atoms with van der Waals surface area (Å²) in [5.74, 6) is 1.73. The van der Waals surface area contributed by atoms with Gasteiger partial charge in [0, 0.05) is 46.3 Å². The molecule has 2 aliphatic heterocycles. The van der Waals surface area contributed by atoms with E-state index in [1.807, 2.05) is 7.05 Å². The van der Waals surface area contributed by atoms with Crippen molar-refractivity contribution in [3.63, 3.8) is 0 Å². The number of guanidine groups is 1. The number of aliphatic imine (C=N–C) groups is 1. The first-order chi connectivity index (χ1) is 13.1. The quantitative estimate of drug-likeness (QED) is 0.215. The van der Waals surface area contributed by atoms with Crippen molar-refractivity contribution in [2.24, 2.45) is 22.6 Å². The van der Waals surface area contributed by atoms with Crippen molar-refractivity contribution < 1.29 is 9.53 Å². The van der Waals surface area contributed by atoms with Gasteiger partial charge in [-0.05, 0) is 70.5 Å². The second kappa shape index (κ2) is 14.4. The first-order valence-corrected chi connectivity index (χ1v) is 10.6. The zero-order valence-corrected chi connectivity index (χ0v) is 20.0. The van der Waals surface area contributed by atoms with E-state index < -0.39 is 0 Å². The Hall–Kier alpha value is -0.610. The number of nitrogens with two attached hydrogens (primary N) is 1. The molecule has 0 saturated carbocycles. The largest absolute Gasteiger partial charge is 0.381 e. The van der Waals surface area contributed by atoms with Gasteiger partial charge in [0.15, 0.2) is 5.96 Å². The van der Waals surface area contributed by atoms with Crippen molar-refractivity contribution in [3.8, 4) is 0 Å². The second-order valence-electron chi connectivity index (χ2n) is 7.97. The number of amides is 1. The fraction of sp³-hybridized carbons (Fsp3) is 0.900. The van der Waals surface area contributed by atoms with Crippen LogP contribution in [-0.2, 0) is 9.53 Å². The molecule has 8 heteroatoms. The number of piperidine rings is 1. The summed E-state index contributed by atoms with van der Waals surface area (Å²) in [4.78, 5) is 20.3. The molecule has 0 unspecified atom stereocenters. The number of hydrogen-bond acceptors (Lipinski definition) is 4. The molecule has 0 radical (unpaired) electrons. The molecule has 2 heterocycles. The molecule has 2 aliphatic rings. The molecule has 164 valence electrons. The van der Waals surface area contributed by atoms with Crippen LogP contribution in [0.15, 0.2) is 4.99 Å². The van der Waals surface area contributed by atoms with E-state index in [2.05, 4.69) is 27.2 Å². The van der Waals surface area contributed by atoms with Crippen LogP contribution in [0.5, 0.6) is 0 Å². The van der Waals surface area contributed by atoms with Crippen LogP contribution in [0.2, 0.25) is 0 Å². The fourth-order valence-corrected chi connectivity index (χ4v) is 4.00. The first kappa shape index (κ1) is 25.4. The van der Waals surface area contributed by atoms with Crippen molar-refractivity contribution in [3.05, 3.63) is 0 Å². The van der Waals surface area contributed by atoms with Crippen LogP contribution in [0.3, 0.4) is 0 Å². The van der Waals surface area contributed by atoms with Crippen LogP contribution in [0, 0.1) is 11.8 Å². The number of halogens is 1. The van der Waals surface area contributed by atoms with Gasteiger partial charge in [0.25, 0.3) is 0 Å². The van der Waals surface area contributed by atoms with Crippen molar-refractivity contribution >= 4 is 35.8 Å². The zero-order valence-electron chi connectivity index (χ0n) is 17.7. The number of nitrogens with one attached hydrogen (secondary N) is 1. The van der Waals surface area contributed by atoms with Gasteiger partial charge in [-0.3, -0.25) is 9.79 Å². The predicted molar refractivity (Wildman–Crippen MR) is 125 cm³/mol. The summed E-state index contributed by atoms with van der Waals surface area (Å²) < 4.78 is 5.44. The summed E-state index contributed by atoms with van der Waals surface area (Å²) in [6.07, 6.45) is 7.71. The van der Waals surface area contributed by atoms with Crippen LogP contribution in [0.4, 0.5) is 0 Å². The highest BCUT2D eigenvalue weighted by Crippen LogP contribution is 2.18. The zero-order chi connectivity index (χ0) is 19.5. The summed E-state index contributed by atoms with van der Waals surface area (Å²) >= 11 is 0. The fourth-order valence-electron chi connectivity index (χ4n) is 4.00. The average molecular weight is 509 g/mol. The third-order valence-electron chi connectivity index (χ3n) is 5.96. The van der Waals surface area contributed by atoms with Gasteiger partial charge >= 0.3 is 0 Å². The topological polar surface area (TPSA) is 83.2 Å². The van der Waals surface area contributed by atoms with E-state index in [0.29, 0.717) is 0 Å². The lowest BCUT2D eigenvalue weighted by Gasteiger charge is -2.30. The maximum Gasteiger partial charge on any atom is 0.220 e. The second-order valence-corrected chi connectivity index (χ2v) is 7.97. The maximum atomic E-state index is 11.2. The molecule has 0 spiro atoms. The summed E-state index contributed by atoms with van der Waals surface area (Å²) in [5, 5.41) is 3.49. The molecule has 0 bridgehead atoms. The van der Waals surface area contributed by atoms with Gasteiger partial charge in [-0.2, -0.15) is 0 Å². The van der Waals surface area contributed by atoms with E-state index >= 15 is 0 Å². The van der Waals surface area contributed by atoms with Gasteiger partial charge in [0.2, 0.25) is 5.91 Å². The summed E-state index contributed by atoms with van der Waals surface area (Å²) in [6.45, 7) is 6.93. The Balaban J connectivity index is 0.00000392. The molecular formula is C20H40IN5O2. The molecular weight excluding hydrogens is 469 g/mol. The lowest BCUT2D eigenvalue weighted by Crippen LogP contribution is -2.41. The molecule has 0 aromatic rings.